The summed E-state index contributed by atoms with van der Waals surface area (Å²) in [4.78, 5) is 61.5. The lowest BCUT2D eigenvalue weighted by molar-refractivity contribution is -0.138. The van der Waals surface area contributed by atoms with Crippen LogP contribution in [0.3, 0.4) is 0 Å². The number of carbonyl (C=O) groups excluding carboxylic acids is 3. The first-order valence-corrected chi connectivity index (χ1v) is 50.7. The van der Waals surface area contributed by atoms with Gasteiger partial charge in [0.25, 0.3) is 0 Å². The monoisotopic (exact) mass is 2040 g/mol. The Bertz CT molecular complexity index is 3920. The van der Waals surface area contributed by atoms with Crippen molar-refractivity contribution in [2.45, 2.75) is 278 Å². The first-order valence-electron chi connectivity index (χ1n) is 36.9. The summed E-state index contributed by atoms with van der Waals surface area (Å²) in [6.07, 6.45) is 4.35. The van der Waals surface area contributed by atoms with Gasteiger partial charge in [0.05, 0.1) is 106 Å². The van der Waals surface area contributed by atoms with Gasteiger partial charge >= 0.3 is 17.9 Å². The largest absolute Gasteiger partial charge is 0.506 e. The molecule has 3 atom stereocenters. The van der Waals surface area contributed by atoms with Gasteiger partial charge in [-0.05, 0) is 242 Å². The van der Waals surface area contributed by atoms with Gasteiger partial charge in [-0.25, -0.2) is 14.4 Å². The molecule has 0 amide bonds. The van der Waals surface area contributed by atoms with Crippen LogP contribution in [-0.2, 0) is 37.1 Å². The van der Waals surface area contributed by atoms with Crippen LogP contribution in [0.2, 0.25) is 64.4 Å². The Balaban J connectivity index is 0.000000550. The Morgan fingerprint density at radius 2 is 0.880 bits per heavy atom. The van der Waals surface area contributed by atoms with Crippen LogP contribution >= 0.6 is 114 Å². The van der Waals surface area contributed by atoms with E-state index in [2.05, 4.69) is 254 Å². The summed E-state index contributed by atoms with van der Waals surface area (Å²) < 4.78 is 58.0. The molecule has 0 bridgehead atoms. The highest BCUT2D eigenvalue weighted by Crippen LogP contribution is 2.44. The van der Waals surface area contributed by atoms with E-state index in [1.54, 1.807) is 45.2 Å². The third-order valence-electron chi connectivity index (χ3n) is 19.1. The molecule has 4 rings (SSSR count). The molecular formula is C81H127Cl2I4N3O15Si3. The third kappa shape index (κ3) is 29.4. The van der Waals surface area contributed by atoms with Gasteiger partial charge in [-0.3, -0.25) is 14.8 Å². The summed E-state index contributed by atoms with van der Waals surface area (Å²) in [6.45, 7) is 70.6. The topological polar surface area (TPSA) is 221 Å². The molecule has 3 unspecified atom stereocenters. The number of esters is 3. The van der Waals surface area contributed by atoms with E-state index in [1.807, 2.05) is 58.2 Å². The molecular weight excluding hydrogens is 1920 g/mol. The van der Waals surface area contributed by atoms with Crippen molar-refractivity contribution in [3.8, 4) is 17.2 Å². The highest BCUT2D eigenvalue weighted by atomic mass is 127. The number of rotatable bonds is 28. The van der Waals surface area contributed by atoms with Gasteiger partial charge in [-0.15, -0.1) is 0 Å². The number of halogens is 6. The van der Waals surface area contributed by atoms with Crippen LogP contribution in [-0.4, -0.2) is 140 Å². The number of carbonyl (C=O) groups is 3. The predicted molar refractivity (Wildman–Crippen MR) is 489 cm³/mol. The molecule has 0 saturated heterocycles. The smallest absolute Gasteiger partial charge is 0.343 e. The number of aliphatic hydroxyl groups is 2. The fraction of sp³-hybridized carbons (Fsp3) is 0.630. The van der Waals surface area contributed by atoms with E-state index in [4.69, 9.17) is 74.9 Å². The normalized spacial score (nSPS) is 14.4. The number of nitrogens with zero attached hydrogens (tertiary/aromatic N) is 3. The lowest BCUT2D eigenvalue weighted by Gasteiger charge is -2.40. The first-order chi connectivity index (χ1) is 49.0. The molecule has 3 aromatic carbocycles. The number of fused-ring (bicyclic) bond motifs is 1. The summed E-state index contributed by atoms with van der Waals surface area (Å²) in [5.74, 6) is -0.595. The van der Waals surface area contributed by atoms with Crippen molar-refractivity contribution < 1.29 is 66.3 Å². The molecule has 18 nitrogen and oxygen atoms in total. The van der Waals surface area contributed by atoms with Crippen molar-refractivity contribution in [2.75, 3.05) is 39.6 Å². The number of benzene rings is 3. The van der Waals surface area contributed by atoms with Gasteiger partial charge in [0.15, 0.2) is 25.0 Å². The van der Waals surface area contributed by atoms with Crippen LogP contribution < -0.4 is 19.6 Å². The van der Waals surface area contributed by atoms with Crippen LogP contribution in [0.4, 0.5) is 0 Å². The SMILES string of the molecule is CCOC(=O)C(C=NC(CO[Si](C)(C)C(C)(C)C)C(C)(C)C)=C(O)c1cc(I)c(OC(C)C)c(I)c1Cl.CCOC(=O)C(C=NC(CO[Si](C)(C)C(C)(C)C)C(C)(C)C)=C(O)c1cc(I)c(OC(C)C)cc1Cl.CCOC(=O)c1cn(C(CO[Si](C)(C)C(C)(C)C)C(C)(C)C)c2cc(OC(C)C)c(I)cc2c1=O. The molecule has 0 aliphatic carbocycles. The standard InChI is InChI=1S/C27H42ClI2NO5Si.C27H43ClINO5Si.C27H42INO5Si/c1-12-34-25(33)18(14-31-20(26(4,5)6)15-35-37(10,11)27(7,8)9)23(32)17-13-19(29)24(36-16(2)3)22(30)21(17)28;1-12-33-25(32)19(24(31)18-13-21(29)22(14-20(18)28)35-17(2)3)15-30-23(26(4,5)6)16-34-36(10,11)27(7,8)9;1-12-32-25(31)19-15-29(23(26(4,5)6)16-33-35(10,11)27(7,8)9)21-14-22(34-17(2)3)20(28)13-18(21)24(19)30/h13-14,16,20,32H,12,15H2,1-11H3;13-15,17,23,31H,12,16H2,1-11H3;13-15,17,23H,12,16H2,1-11H3. The summed E-state index contributed by atoms with van der Waals surface area (Å²) in [5.41, 5.74) is 0.210. The minimum atomic E-state index is -2.04. The van der Waals surface area contributed by atoms with E-state index in [0.717, 1.165) is 16.2 Å². The molecule has 4 aromatic rings. The van der Waals surface area contributed by atoms with E-state index in [0.29, 0.717) is 57.2 Å². The number of pyridine rings is 1. The molecule has 0 aliphatic heterocycles. The number of aliphatic imine (C=N–C) groups is 2. The summed E-state index contributed by atoms with van der Waals surface area (Å²) >= 11 is 21.7. The Morgan fingerprint density at radius 3 is 1.25 bits per heavy atom. The average molecular weight is 2050 g/mol. The van der Waals surface area contributed by atoms with E-state index in [-0.39, 0.29) is 131 Å². The number of aromatic nitrogens is 1. The maximum absolute atomic E-state index is 13.4. The van der Waals surface area contributed by atoms with E-state index in [9.17, 15) is 29.4 Å². The Morgan fingerprint density at radius 1 is 0.509 bits per heavy atom. The molecule has 0 radical (unpaired) electrons. The van der Waals surface area contributed by atoms with E-state index < -0.39 is 42.9 Å². The molecule has 108 heavy (non-hydrogen) atoms. The van der Waals surface area contributed by atoms with Gasteiger partial charge in [-0.2, -0.15) is 0 Å². The second-order valence-electron chi connectivity index (χ2n) is 35.3. The zero-order valence-corrected chi connectivity index (χ0v) is 83.8. The van der Waals surface area contributed by atoms with Gasteiger partial charge in [0.1, 0.15) is 45.5 Å². The second-order valence-corrected chi connectivity index (χ2v) is 55.1. The fourth-order valence-corrected chi connectivity index (χ4v) is 15.8. The molecule has 610 valence electrons. The van der Waals surface area contributed by atoms with Gasteiger partial charge in [-0.1, -0.05) is 148 Å². The molecule has 0 saturated carbocycles. The second kappa shape index (κ2) is 41.6. The number of ether oxygens (including phenoxy) is 6. The molecule has 0 aliphatic rings. The predicted octanol–water partition coefficient (Wildman–Crippen LogP) is 23.9. The zero-order valence-electron chi connectivity index (χ0n) is 70.6. The van der Waals surface area contributed by atoms with Crippen LogP contribution in [0.15, 0.2) is 62.5 Å². The van der Waals surface area contributed by atoms with Crippen LogP contribution in [0.5, 0.6) is 17.2 Å². The number of hydrogen-bond acceptors (Lipinski definition) is 17. The van der Waals surface area contributed by atoms with Crippen molar-refractivity contribution in [1.29, 1.82) is 0 Å². The van der Waals surface area contributed by atoms with Crippen molar-refractivity contribution in [3.63, 3.8) is 0 Å². The summed E-state index contributed by atoms with van der Waals surface area (Å²) in [6, 6.07) is 8.11. The fourth-order valence-electron chi connectivity index (χ4n) is 9.21. The Kier molecular flexibility index (Phi) is 39.0. The van der Waals surface area contributed by atoms with Crippen molar-refractivity contribution in [3.05, 3.63) is 98.9 Å². The Hall–Kier alpha value is -2.87. The molecule has 2 N–H and O–H groups in total. The quantitative estimate of drug-likeness (QED) is 0.00789. The van der Waals surface area contributed by atoms with Crippen molar-refractivity contribution >= 4 is 191 Å². The lowest BCUT2D eigenvalue weighted by atomic mass is 9.86. The first kappa shape index (κ1) is 101. The number of aliphatic hydroxyl groups excluding tert-OH is 2. The van der Waals surface area contributed by atoms with Gasteiger partial charge in [0, 0.05) is 47.3 Å². The Labute approximate surface area is 714 Å². The third-order valence-corrected chi connectivity index (χ3v) is 37.2. The lowest BCUT2D eigenvalue weighted by Crippen LogP contribution is -2.44. The van der Waals surface area contributed by atoms with E-state index >= 15 is 0 Å². The minimum absolute atomic E-state index is 0.0136. The minimum Gasteiger partial charge on any atom is -0.506 e. The maximum Gasteiger partial charge on any atom is 0.343 e. The van der Waals surface area contributed by atoms with Crippen LogP contribution in [0.1, 0.15) is 214 Å². The molecule has 1 heterocycles. The zero-order chi connectivity index (χ0) is 83.9. The van der Waals surface area contributed by atoms with Crippen LogP contribution in [0.25, 0.3) is 22.4 Å². The average Bonchev–Trinajstić information content (AvgIpc) is 0.752. The molecule has 1 aromatic heterocycles. The summed E-state index contributed by atoms with van der Waals surface area (Å²) in [7, 11) is -6.05. The maximum atomic E-state index is 13.4. The van der Waals surface area contributed by atoms with Gasteiger partial charge in [0.2, 0.25) is 5.43 Å². The summed E-state index contributed by atoms with van der Waals surface area (Å²) in [5, 5.41) is 23.7. The van der Waals surface area contributed by atoms with Crippen molar-refractivity contribution in [1.82, 2.24) is 4.57 Å². The number of hydrogen-bond donors (Lipinski definition) is 2. The van der Waals surface area contributed by atoms with Gasteiger partial charge < -0.3 is 56.5 Å². The molecule has 27 heteroatoms. The molecule has 0 fully saturated rings. The van der Waals surface area contributed by atoms with E-state index in [1.165, 1.54) is 12.4 Å². The van der Waals surface area contributed by atoms with Crippen LogP contribution in [0, 0.1) is 30.5 Å². The van der Waals surface area contributed by atoms with Crippen molar-refractivity contribution in [2.24, 2.45) is 26.2 Å². The highest BCUT2D eigenvalue weighted by Gasteiger charge is 2.42. The molecule has 0 spiro atoms. The highest BCUT2D eigenvalue weighted by molar-refractivity contribution is 14.1.